The van der Waals surface area contributed by atoms with Crippen molar-refractivity contribution in [2.45, 2.75) is 26.3 Å². The fraction of sp³-hybridized carbons (Fsp3) is 0.214. The Labute approximate surface area is 209 Å². The van der Waals surface area contributed by atoms with E-state index in [-0.39, 0.29) is 17.7 Å². The quantitative estimate of drug-likeness (QED) is 0.357. The van der Waals surface area contributed by atoms with Gasteiger partial charge in [-0.05, 0) is 72.9 Å². The zero-order chi connectivity index (χ0) is 24.7. The molecule has 0 aliphatic carbocycles. The molecule has 0 fully saturated rings. The number of fused-ring (bicyclic) bond motifs is 1. The summed E-state index contributed by atoms with van der Waals surface area (Å²) in [6, 6.07) is 18.8. The number of hydrogen-bond acceptors (Lipinski definition) is 4. The molecule has 178 valence electrons. The normalized spacial score (nSPS) is 14.9. The molecule has 6 nitrogen and oxygen atoms in total. The number of aromatic amines is 1. The van der Waals surface area contributed by atoms with Crippen LogP contribution in [-0.4, -0.2) is 39.8 Å². The molecule has 0 radical (unpaired) electrons. The number of halogens is 1. The number of methoxy groups -OCH3 is 1. The maximum atomic E-state index is 13.6. The molecule has 3 aromatic carbocycles. The van der Waals surface area contributed by atoms with E-state index in [1.807, 2.05) is 79.4 Å². The van der Waals surface area contributed by atoms with Crippen molar-refractivity contribution in [2.75, 3.05) is 13.7 Å². The first-order chi connectivity index (χ1) is 16.9. The smallest absolute Gasteiger partial charge is 0.273 e. The number of aromatic hydroxyl groups is 1. The van der Waals surface area contributed by atoms with Crippen molar-refractivity contribution >= 4 is 17.5 Å². The average molecular weight is 488 g/mol. The van der Waals surface area contributed by atoms with Gasteiger partial charge in [-0.3, -0.25) is 9.89 Å². The highest BCUT2D eigenvalue weighted by atomic mass is 35.5. The molecule has 0 bridgehead atoms. The van der Waals surface area contributed by atoms with Gasteiger partial charge in [-0.25, -0.2) is 0 Å². The van der Waals surface area contributed by atoms with Crippen LogP contribution in [0.4, 0.5) is 0 Å². The van der Waals surface area contributed by atoms with E-state index in [0.717, 1.165) is 33.6 Å². The number of aryl methyl sites for hydroxylation is 2. The van der Waals surface area contributed by atoms with Gasteiger partial charge in [0.2, 0.25) is 0 Å². The van der Waals surface area contributed by atoms with Crippen LogP contribution in [0.3, 0.4) is 0 Å². The lowest BCUT2D eigenvalue weighted by atomic mass is 9.94. The number of phenols is 1. The molecule has 1 aromatic heterocycles. The minimum absolute atomic E-state index is 0.124. The second-order valence-electron chi connectivity index (χ2n) is 8.89. The van der Waals surface area contributed by atoms with Gasteiger partial charge in [-0.2, -0.15) is 5.10 Å². The van der Waals surface area contributed by atoms with E-state index in [0.29, 0.717) is 34.9 Å². The lowest BCUT2D eigenvalue weighted by Crippen LogP contribution is -2.31. The van der Waals surface area contributed by atoms with Crippen LogP contribution in [0.25, 0.3) is 11.3 Å². The van der Waals surface area contributed by atoms with Crippen LogP contribution in [-0.2, 0) is 6.42 Å². The van der Waals surface area contributed by atoms with Gasteiger partial charge >= 0.3 is 0 Å². The number of benzene rings is 3. The molecule has 35 heavy (non-hydrogen) atoms. The zero-order valence-electron chi connectivity index (χ0n) is 19.8. The van der Waals surface area contributed by atoms with Crippen LogP contribution in [0.15, 0.2) is 60.7 Å². The summed E-state index contributed by atoms with van der Waals surface area (Å²) in [7, 11) is 1.64. The first-order valence-electron chi connectivity index (χ1n) is 11.5. The van der Waals surface area contributed by atoms with Crippen molar-refractivity contribution in [2.24, 2.45) is 0 Å². The van der Waals surface area contributed by atoms with E-state index in [4.69, 9.17) is 16.3 Å². The molecule has 0 saturated carbocycles. The highest BCUT2D eigenvalue weighted by Gasteiger charge is 2.42. The van der Waals surface area contributed by atoms with Crippen LogP contribution in [0.5, 0.6) is 11.5 Å². The third-order valence-electron chi connectivity index (χ3n) is 6.53. The molecule has 5 rings (SSSR count). The van der Waals surface area contributed by atoms with Gasteiger partial charge in [-0.1, -0.05) is 41.9 Å². The van der Waals surface area contributed by atoms with E-state index in [1.54, 1.807) is 7.11 Å². The highest BCUT2D eigenvalue weighted by Crippen LogP contribution is 2.45. The maximum absolute atomic E-state index is 13.6. The van der Waals surface area contributed by atoms with Crippen LogP contribution in [0.2, 0.25) is 5.02 Å². The predicted octanol–water partition coefficient (Wildman–Crippen LogP) is 5.85. The molecule has 0 saturated heterocycles. The fourth-order valence-electron chi connectivity index (χ4n) is 4.84. The summed E-state index contributed by atoms with van der Waals surface area (Å²) in [6.45, 7) is 4.34. The molecular formula is C28H26ClN3O3. The number of rotatable bonds is 6. The molecule has 1 aliphatic heterocycles. The lowest BCUT2D eigenvalue weighted by Gasteiger charge is -2.27. The van der Waals surface area contributed by atoms with Crippen molar-refractivity contribution in [1.29, 1.82) is 0 Å². The molecule has 1 aliphatic rings. The number of aromatic nitrogens is 2. The van der Waals surface area contributed by atoms with E-state index in [9.17, 15) is 9.90 Å². The summed E-state index contributed by atoms with van der Waals surface area (Å²) in [5.41, 5.74) is 6.15. The number of hydrogen-bond donors (Lipinski definition) is 2. The fourth-order valence-corrected chi connectivity index (χ4v) is 5.04. The molecule has 1 amide bonds. The van der Waals surface area contributed by atoms with Crippen LogP contribution < -0.4 is 4.74 Å². The van der Waals surface area contributed by atoms with Gasteiger partial charge in [-0.15, -0.1) is 0 Å². The van der Waals surface area contributed by atoms with Crippen molar-refractivity contribution in [3.8, 4) is 22.8 Å². The minimum atomic E-state index is -0.386. The van der Waals surface area contributed by atoms with Crippen molar-refractivity contribution in [3.05, 3.63) is 99.2 Å². The summed E-state index contributed by atoms with van der Waals surface area (Å²) >= 11 is 6.35. The minimum Gasteiger partial charge on any atom is -0.507 e. The van der Waals surface area contributed by atoms with Gasteiger partial charge in [0.1, 0.15) is 22.9 Å². The second-order valence-corrected chi connectivity index (χ2v) is 9.33. The second kappa shape index (κ2) is 9.12. The van der Waals surface area contributed by atoms with Gasteiger partial charge in [0.05, 0.1) is 13.2 Å². The molecule has 2 heterocycles. The number of H-pyrrole nitrogens is 1. The van der Waals surface area contributed by atoms with E-state index >= 15 is 0 Å². The van der Waals surface area contributed by atoms with E-state index < -0.39 is 0 Å². The SMILES string of the molecule is COc1ccc(CCN2C(=O)c3[nH]nc(-c4cc(C)cc(C)c4O)c3[C@@H]2c2cccc(Cl)c2)cc1. The third kappa shape index (κ3) is 4.15. The number of amides is 1. The van der Waals surface area contributed by atoms with E-state index in [1.165, 1.54) is 0 Å². The van der Waals surface area contributed by atoms with Gasteiger partial charge < -0.3 is 14.7 Å². The van der Waals surface area contributed by atoms with Crippen LogP contribution in [0.1, 0.15) is 44.3 Å². The summed E-state index contributed by atoms with van der Waals surface area (Å²) in [5, 5.41) is 18.9. The number of ether oxygens (including phenoxy) is 1. The maximum Gasteiger partial charge on any atom is 0.273 e. The molecule has 0 unspecified atom stereocenters. The number of carbonyl (C=O) groups excluding carboxylic acids is 1. The first kappa shape index (κ1) is 23.0. The van der Waals surface area contributed by atoms with Crippen molar-refractivity contribution in [1.82, 2.24) is 15.1 Å². The number of carbonyl (C=O) groups is 1. The Bertz CT molecular complexity index is 1410. The summed E-state index contributed by atoms with van der Waals surface area (Å²) < 4.78 is 5.26. The Morgan fingerprint density at radius 2 is 1.89 bits per heavy atom. The Balaban J connectivity index is 1.58. The van der Waals surface area contributed by atoms with Crippen LogP contribution >= 0.6 is 11.6 Å². The summed E-state index contributed by atoms with van der Waals surface area (Å²) in [6.07, 6.45) is 0.675. The monoisotopic (exact) mass is 487 g/mol. The number of phenolic OH excluding ortho intramolecular Hbond substituents is 1. The van der Waals surface area contributed by atoms with Gasteiger partial charge in [0, 0.05) is 22.7 Å². The zero-order valence-corrected chi connectivity index (χ0v) is 20.6. The largest absolute Gasteiger partial charge is 0.507 e. The highest BCUT2D eigenvalue weighted by molar-refractivity contribution is 6.30. The summed E-state index contributed by atoms with van der Waals surface area (Å²) in [4.78, 5) is 15.4. The average Bonchev–Trinajstić information content (AvgIpc) is 3.39. The molecule has 0 spiro atoms. The standard InChI is InChI=1S/C28H26ClN3O3/c1-16-13-17(2)27(33)22(14-16)24-23-25(31-30-24)28(34)32(26(23)19-5-4-6-20(29)15-19)12-11-18-7-9-21(35-3)10-8-18/h4-10,13-15,26,33H,11-12H2,1-3H3,(H,30,31)/t26-/m0/s1. The van der Waals surface area contributed by atoms with Crippen molar-refractivity contribution in [3.63, 3.8) is 0 Å². The molecule has 2 N–H and O–H groups in total. The topological polar surface area (TPSA) is 78.5 Å². The van der Waals surface area contributed by atoms with E-state index in [2.05, 4.69) is 10.2 Å². The van der Waals surface area contributed by atoms with Gasteiger partial charge in [0.15, 0.2) is 0 Å². The number of nitrogens with zero attached hydrogens (tertiary/aromatic N) is 2. The molecular weight excluding hydrogens is 462 g/mol. The predicted molar refractivity (Wildman–Crippen MR) is 136 cm³/mol. The Kier molecular flexibility index (Phi) is 5.99. The lowest BCUT2D eigenvalue weighted by molar-refractivity contribution is 0.0746. The Morgan fingerprint density at radius 1 is 1.11 bits per heavy atom. The molecule has 1 atom stereocenters. The van der Waals surface area contributed by atoms with Crippen LogP contribution in [0, 0.1) is 13.8 Å². The van der Waals surface area contributed by atoms with Crippen molar-refractivity contribution < 1.29 is 14.6 Å². The molecule has 4 aromatic rings. The number of nitrogens with one attached hydrogen (secondary N) is 1. The molecule has 7 heteroatoms. The Hall–Kier alpha value is -3.77. The summed E-state index contributed by atoms with van der Waals surface area (Å²) in [5.74, 6) is 0.835. The van der Waals surface area contributed by atoms with Gasteiger partial charge in [0.25, 0.3) is 5.91 Å². The Morgan fingerprint density at radius 3 is 2.60 bits per heavy atom. The third-order valence-corrected chi connectivity index (χ3v) is 6.76. The first-order valence-corrected chi connectivity index (χ1v) is 11.8.